The number of aryl methyl sites for hydroxylation is 1. The number of fused-ring (bicyclic) bond motifs is 1. The monoisotopic (exact) mass is 263 g/mol. The molecule has 3 nitrogen and oxygen atoms in total. The van der Waals surface area contributed by atoms with E-state index in [1.165, 1.54) is 0 Å². The van der Waals surface area contributed by atoms with Crippen molar-refractivity contribution < 1.29 is 9.84 Å². The number of ether oxygens (including phenoxy) is 1. The first kappa shape index (κ1) is 11.9. The second kappa shape index (κ2) is 4.86. The van der Waals surface area contributed by atoms with Gasteiger partial charge in [0.25, 0.3) is 0 Å². The van der Waals surface area contributed by atoms with Gasteiger partial charge in [-0.2, -0.15) is 0 Å². The van der Waals surface area contributed by atoms with Gasteiger partial charge in [0, 0.05) is 0 Å². The Labute approximate surface area is 110 Å². The average molecular weight is 263 g/mol. The second-order valence-corrected chi connectivity index (χ2v) is 6.05. The third-order valence-electron chi connectivity index (χ3n) is 3.43. The molecule has 0 amide bonds. The van der Waals surface area contributed by atoms with Crippen molar-refractivity contribution in [2.24, 2.45) is 0 Å². The van der Waals surface area contributed by atoms with Crippen LogP contribution in [0, 0.1) is 6.92 Å². The van der Waals surface area contributed by atoms with E-state index in [0.717, 1.165) is 46.7 Å². The third kappa shape index (κ3) is 2.22. The van der Waals surface area contributed by atoms with Crippen LogP contribution in [0.25, 0.3) is 10.2 Å². The Kier molecular flexibility index (Phi) is 3.22. The smallest absolute Gasteiger partial charge is 0.139 e. The van der Waals surface area contributed by atoms with Crippen LogP contribution in [0.5, 0.6) is 5.75 Å². The molecular weight excluding hydrogens is 246 g/mol. The molecular formula is C14H17NO2S. The van der Waals surface area contributed by atoms with E-state index in [0.29, 0.717) is 0 Å². The van der Waals surface area contributed by atoms with Crippen LogP contribution in [0.1, 0.15) is 30.7 Å². The Hall–Kier alpha value is -1.13. The first-order valence-corrected chi connectivity index (χ1v) is 7.26. The summed E-state index contributed by atoms with van der Waals surface area (Å²) in [6.45, 7) is 2.00. The van der Waals surface area contributed by atoms with Crippen molar-refractivity contribution in [2.75, 3.05) is 0 Å². The van der Waals surface area contributed by atoms with Gasteiger partial charge in [-0.3, -0.25) is 0 Å². The van der Waals surface area contributed by atoms with Gasteiger partial charge in [0.2, 0.25) is 0 Å². The summed E-state index contributed by atoms with van der Waals surface area (Å²) >= 11 is 1.65. The van der Waals surface area contributed by atoms with Crippen LogP contribution < -0.4 is 4.74 Å². The van der Waals surface area contributed by atoms with Gasteiger partial charge in [-0.1, -0.05) is 12.5 Å². The topological polar surface area (TPSA) is 42.4 Å². The standard InChI is InChI=1S/C14H17NO2S/c1-9-15-10-5-4-8-13(14(10)18-9)17-12-7-3-2-6-11(12)16/h4-5,8,11-12,16H,2-3,6-7H2,1H3. The van der Waals surface area contributed by atoms with Crippen molar-refractivity contribution in [3.63, 3.8) is 0 Å². The molecule has 1 aliphatic rings. The molecule has 2 unspecified atom stereocenters. The number of nitrogens with zero attached hydrogens (tertiary/aromatic N) is 1. The molecule has 1 heterocycles. The average Bonchev–Trinajstić information content (AvgIpc) is 2.73. The minimum absolute atomic E-state index is 0.0632. The molecule has 1 N–H and O–H groups in total. The van der Waals surface area contributed by atoms with Crippen LogP contribution in [0.3, 0.4) is 0 Å². The SMILES string of the molecule is Cc1nc2cccc(OC3CCCCC3O)c2s1. The molecule has 1 saturated carbocycles. The molecule has 1 aromatic carbocycles. The van der Waals surface area contributed by atoms with Gasteiger partial charge in [0.1, 0.15) is 11.9 Å². The van der Waals surface area contributed by atoms with Crippen LogP contribution in [0.4, 0.5) is 0 Å². The molecule has 0 radical (unpaired) electrons. The van der Waals surface area contributed by atoms with E-state index in [1.54, 1.807) is 11.3 Å². The third-order valence-corrected chi connectivity index (χ3v) is 4.43. The van der Waals surface area contributed by atoms with Gasteiger partial charge in [0.05, 0.1) is 21.3 Å². The second-order valence-electron chi connectivity index (χ2n) is 4.85. The fourth-order valence-corrected chi connectivity index (χ4v) is 3.38. The predicted octanol–water partition coefficient (Wildman–Crippen LogP) is 3.29. The van der Waals surface area contributed by atoms with Crippen LogP contribution in [0.2, 0.25) is 0 Å². The first-order chi connectivity index (χ1) is 8.74. The van der Waals surface area contributed by atoms with Crippen LogP contribution in [-0.2, 0) is 0 Å². The van der Waals surface area contributed by atoms with Crippen LogP contribution in [0.15, 0.2) is 18.2 Å². The Morgan fingerprint density at radius 2 is 2.17 bits per heavy atom. The molecule has 0 bridgehead atoms. The van der Waals surface area contributed by atoms with Crippen LogP contribution in [-0.4, -0.2) is 22.3 Å². The normalized spacial score (nSPS) is 24.3. The van der Waals surface area contributed by atoms with Crippen molar-refractivity contribution in [3.8, 4) is 5.75 Å². The number of thiazole rings is 1. The number of benzene rings is 1. The highest BCUT2D eigenvalue weighted by atomic mass is 32.1. The molecule has 96 valence electrons. The van der Waals surface area contributed by atoms with Crippen molar-refractivity contribution in [1.29, 1.82) is 0 Å². The van der Waals surface area contributed by atoms with E-state index >= 15 is 0 Å². The molecule has 2 aromatic rings. The van der Waals surface area contributed by atoms with Gasteiger partial charge >= 0.3 is 0 Å². The Morgan fingerprint density at radius 3 is 3.00 bits per heavy atom. The lowest BCUT2D eigenvalue weighted by Crippen LogP contribution is -2.34. The summed E-state index contributed by atoms with van der Waals surface area (Å²) in [4.78, 5) is 4.46. The zero-order chi connectivity index (χ0) is 12.5. The summed E-state index contributed by atoms with van der Waals surface area (Å²) in [5.74, 6) is 0.865. The maximum atomic E-state index is 9.97. The van der Waals surface area contributed by atoms with Gasteiger partial charge in [0.15, 0.2) is 0 Å². The summed E-state index contributed by atoms with van der Waals surface area (Å²) in [6, 6.07) is 5.94. The number of hydrogen-bond donors (Lipinski definition) is 1. The summed E-state index contributed by atoms with van der Waals surface area (Å²) in [5, 5.41) is 11.0. The van der Waals surface area contributed by atoms with E-state index < -0.39 is 0 Å². The number of aliphatic hydroxyl groups excluding tert-OH is 1. The van der Waals surface area contributed by atoms with Crippen molar-refractivity contribution >= 4 is 21.6 Å². The van der Waals surface area contributed by atoms with Crippen molar-refractivity contribution in [3.05, 3.63) is 23.2 Å². The molecule has 0 aliphatic heterocycles. The molecule has 1 fully saturated rings. The van der Waals surface area contributed by atoms with E-state index in [1.807, 2.05) is 25.1 Å². The number of aromatic nitrogens is 1. The molecule has 18 heavy (non-hydrogen) atoms. The molecule has 3 rings (SSSR count). The summed E-state index contributed by atoms with van der Waals surface area (Å²) in [6.07, 6.45) is 3.64. The van der Waals surface area contributed by atoms with Gasteiger partial charge in [-0.05, 0) is 38.3 Å². The fourth-order valence-electron chi connectivity index (χ4n) is 2.51. The predicted molar refractivity (Wildman–Crippen MR) is 73.2 cm³/mol. The van der Waals surface area contributed by atoms with Gasteiger partial charge in [-0.15, -0.1) is 11.3 Å². The Bertz CT molecular complexity index is 552. The van der Waals surface area contributed by atoms with Gasteiger partial charge < -0.3 is 9.84 Å². The van der Waals surface area contributed by atoms with Crippen molar-refractivity contribution in [2.45, 2.75) is 44.8 Å². The lowest BCUT2D eigenvalue weighted by atomic mass is 9.95. The Balaban J connectivity index is 1.89. The highest BCUT2D eigenvalue weighted by molar-refractivity contribution is 7.18. The minimum atomic E-state index is -0.331. The zero-order valence-electron chi connectivity index (χ0n) is 10.4. The highest BCUT2D eigenvalue weighted by Crippen LogP contribution is 2.33. The maximum Gasteiger partial charge on any atom is 0.139 e. The first-order valence-electron chi connectivity index (χ1n) is 6.45. The van der Waals surface area contributed by atoms with E-state index in [9.17, 15) is 5.11 Å². The van der Waals surface area contributed by atoms with Crippen LogP contribution >= 0.6 is 11.3 Å². The lowest BCUT2D eigenvalue weighted by molar-refractivity contribution is 0.00776. The Morgan fingerprint density at radius 1 is 1.33 bits per heavy atom. The van der Waals surface area contributed by atoms with E-state index in [2.05, 4.69) is 4.98 Å². The molecule has 1 aromatic heterocycles. The van der Waals surface area contributed by atoms with Crippen molar-refractivity contribution in [1.82, 2.24) is 4.98 Å². The highest BCUT2D eigenvalue weighted by Gasteiger charge is 2.25. The number of rotatable bonds is 2. The van der Waals surface area contributed by atoms with E-state index in [-0.39, 0.29) is 12.2 Å². The molecule has 0 saturated heterocycles. The molecule has 2 atom stereocenters. The summed E-state index contributed by atoms with van der Waals surface area (Å²) in [5.41, 5.74) is 0.986. The zero-order valence-corrected chi connectivity index (χ0v) is 11.2. The van der Waals surface area contributed by atoms with E-state index in [4.69, 9.17) is 4.74 Å². The summed E-state index contributed by atoms with van der Waals surface area (Å²) < 4.78 is 7.11. The quantitative estimate of drug-likeness (QED) is 0.904. The molecule has 0 spiro atoms. The van der Waals surface area contributed by atoms with Gasteiger partial charge in [-0.25, -0.2) is 4.98 Å². The fraction of sp³-hybridized carbons (Fsp3) is 0.500. The minimum Gasteiger partial charge on any atom is -0.486 e. The largest absolute Gasteiger partial charge is 0.486 e. The number of aliphatic hydroxyl groups is 1. The molecule has 1 aliphatic carbocycles. The summed E-state index contributed by atoms with van der Waals surface area (Å²) in [7, 11) is 0. The maximum absolute atomic E-state index is 9.97. The lowest BCUT2D eigenvalue weighted by Gasteiger charge is -2.28. The number of hydrogen-bond acceptors (Lipinski definition) is 4. The molecule has 4 heteroatoms.